The minimum absolute atomic E-state index is 0.00147. The minimum Gasteiger partial charge on any atom is -0.496 e. The summed E-state index contributed by atoms with van der Waals surface area (Å²) >= 11 is 0. The summed E-state index contributed by atoms with van der Waals surface area (Å²) in [6, 6.07) is 57.8. The number of carbonyl (C=O) groups is 5. The predicted octanol–water partition coefficient (Wildman–Crippen LogP) is 16.5. The quantitative estimate of drug-likeness (QED) is 0.0161. The van der Waals surface area contributed by atoms with Crippen LogP contribution in [0.25, 0.3) is 44.5 Å². The first-order chi connectivity index (χ1) is 68.0. The van der Waals surface area contributed by atoms with E-state index < -0.39 is 0 Å². The summed E-state index contributed by atoms with van der Waals surface area (Å²) < 4.78 is 82.4. The van der Waals surface area contributed by atoms with Crippen molar-refractivity contribution in [2.45, 2.75) is 90.6 Å². The van der Waals surface area contributed by atoms with E-state index in [1.807, 2.05) is 153 Å². The number of piperidine rings is 4. The van der Waals surface area contributed by atoms with Gasteiger partial charge in [-0.2, -0.15) is 15.8 Å². The fourth-order valence-electron chi connectivity index (χ4n) is 15.6. The van der Waals surface area contributed by atoms with E-state index >= 15 is 0 Å². The number of terminal acetylenes is 2. The molecule has 0 aliphatic carbocycles. The Balaban J connectivity index is 0.000000233. The number of nitrogens with one attached hydrogen (secondary N) is 1. The van der Waals surface area contributed by atoms with Crippen LogP contribution in [0.1, 0.15) is 91.9 Å². The van der Waals surface area contributed by atoms with Gasteiger partial charge in [0.05, 0.1) is 136 Å². The lowest BCUT2D eigenvalue weighted by Gasteiger charge is -2.36. The fraction of sp³-hybridized carbons (Fsp3) is 0.393. The van der Waals surface area contributed by atoms with Crippen LogP contribution in [0.2, 0.25) is 0 Å². The number of hydrogen-bond donors (Lipinski definition) is 1. The molecule has 140 heavy (non-hydrogen) atoms. The van der Waals surface area contributed by atoms with Crippen molar-refractivity contribution in [1.82, 2.24) is 24.9 Å². The van der Waals surface area contributed by atoms with Gasteiger partial charge in [0, 0.05) is 144 Å². The third-order valence-corrected chi connectivity index (χ3v) is 22.9. The summed E-state index contributed by atoms with van der Waals surface area (Å²) in [6.07, 6.45) is 19.8. The summed E-state index contributed by atoms with van der Waals surface area (Å²) in [5, 5.41) is 31.4. The van der Waals surface area contributed by atoms with Gasteiger partial charge in [0.25, 0.3) is 0 Å². The highest BCUT2D eigenvalue weighted by molar-refractivity contribution is 5.96. The van der Waals surface area contributed by atoms with Gasteiger partial charge in [0.2, 0.25) is 23.6 Å². The molecule has 8 aromatic carbocycles. The van der Waals surface area contributed by atoms with E-state index in [-0.39, 0.29) is 65.7 Å². The minimum atomic E-state index is -0.0461. The number of nitriles is 3. The summed E-state index contributed by atoms with van der Waals surface area (Å²) in [7, 11) is 10.1. The van der Waals surface area contributed by atoms with E-state index in [4.69, 9.17) is 83.9 Å². The Kier molecular flexibility index (Phi) is 51.2. The van der Waals surface area contributed by atoms with Gasteiger partial charge in [-0.3, -0.25) is 24.0 Å². The summed E-state index contributed by atoms with van der Waals surface area (Å²) in [5.41, 5.74) is 10.5. The topological polar surface area (TPSA) is 320 Å². The normalized spacial score (nSPS) is 15.3. The number of aryl methyl sites for hydroxylation is 1. The molecule has 4 saturated heterocycles. The molecule has 4 fully saturated rings. The highest BCUT2D eigenvalue weighted by Crippen LogP contribution is 2.40. The number of benzene rings is 8. The Labute approximate surface area is 826 Å². The Morgan fingerprint density at radius 1 is 0.400 bits per heavy atom. The molecule has 4 atom stereocenters. The van der Waals surface area contributed by atoms with E-state index in [9.17, 15) is 39.8 Å². The van der Waals surface area contributed by atoms with Crippen molar-refractivity contribution < 1.29 is 95.0 Å². The predicted molar refractivity (Wildman–Crippen MR) is 542 cm³/mol. The fourth-order valence-corrected chi connectivity index (χ4v) is 15.6. The number of likely N-dealkylation sites (N-methyl/N-ethyl adjacent to an activating group) is 1. The number of hydrogen-bond acceptors (Lipinski definition) is 24. The first kappa shape index (κ1) is 113. The van der Waals surface area contributed by atoms with Crippen LogP contribution >= 0.6 is 0 Å². The number of likely N-dealkylation sites (tertiary alicyclic amines) is 4. The molecule has 0 unspecified atom stereocenters. The largest absolute Gasteiger partial charge is 0.496 e. The lowest BCUT2D eigenvalue weighted by molar-refractivity contribution is -0.129. The molecule has 12 rings (SSSR count). The van der Waals surface area contributed by atoms with Crippen LogP contribution in [0.4, 0.5) is 0 Å². The lowest BCUT2D eigenvalue weighted by Crippen LogP contribution is -2.46. The van der Waals surface area contributed by atoms with Crippen LogP contribution in [0, 0.1) is 77.4 Å². The Bertz CT molecular complexity index is 5330. The Hall–Kier alpha value is -14.1. The number of methoxy groups -OCH3 is 5. The highest BCUT2D eigenvalue weighted by atomic mass is 16.6. The standard InChI is InChI=1S/3C23H24N2O3.C23H25NO4.C10H19NO3.C10H18O4/c1-4-22(26)25-10-8-19(9-11-25)28-20-13-17(15-24)12-18(14-20)23-16(2)6-5-7-21(23)27-3;2*1-4-23(26)25-10-9-21(16(2)15-25)28-19-12-17(14-24)11-18(13-19)20-7-5-6-8-22(20)27-3;1-4-23(26)24-11-9-19(10-12-24)28-20-14-17(16(2)25)13-18(15-20)21-7-5-6-8-22(21)27-3;1-3-5-12-7-9-14-10-8-13-6-4-11-2;1-3-4-12-7-8-14-10-9-13-6-5-11-2/h4-7,12-14,19H,1,8-11H2,2-3H3;2*4-8,11-13,16,21H,1,9-10,15H2,2-3H3;4-8,13-15,19H,1,9-12H2,2-3H3;1,11H,4-10H2,2H3;1H,4-10H2,2H3/t;16-,21+;16-,21-;;;/m.01.../s1. The van der Waals surface area contributed by atoms with Gasteiger partial charge >= 0.3 is 0 Å². The van der Waals surface area contributed by atoms with Crippen molar-refractivity contribution in [2.75, 3.05) is 187 Å². The number of Topliss-reactive ketones (excluding diaryl/α,β-unsaturated/α-hetero) is 1. The molecule has 4 amide bonds. The molecule has 1 N–H and O–H groups in total. The summed E-state index contributed by atoms with van der Waals surface area (Å²) in [6.45, 7) is 35.1. The van der Waals surface area contributed by atoms with Gasteiger partial charge in [-0.25, -0.2) is 0 Å². The van der Waals surface area contributed by atoms with Crippen LogP contribution in [0.5, 0.6) is 46.0 Å². The molecule has 4 aliphatic rings. The van der Waals surface area contributed by atoms with Crippen LogP contribution in [0.3, 0.4) is 0 Å². The first-order valence-electron chi connectivity index (χ1n) is 46.7. The van der Waals surface area contributed by atoms with Crippen molar-refractivity contribution in [3.63, 3.8) is 0 Å². The molecule has 0 bridgehead atoms. The van der Waals surface area contributed by atoms with Crippen LogP contribution in [-0.2, 0) is 52.3 Å². The van der Waals surface area contributed by atoms with Gasteiger partial charge in [-0.15, -0.1) is 12.8 Å². The van der Waals surface area contributed by atoms with Crippen molar-refractivity contribution in [1.29, 1.82) is 15.8 Å². The van der Waals surface area contributed by atoms with Crippen LogP contribution in [-0.4, -0.2) is 261 Å². The van der Waals surface area contributed by atoms with Gasteiger partial charge < -0.3 is 96.0 Å². The molecule has 0 saturated carbocycles. The molecule has 742 valence electrons. The molecule has 0 radical (unpaired) electrons. The van der Waals surface area contributed by atoms with Gasteiger partial charge in [0.15, 0.2) is 5.78 Å². The zero-order valence-electron chi connectivity index (χ0n) is 82.4. The molecular formula is C112H134N8O20. The van der Waals surface area contributed by atoms with Crippen LogP contribution < -0.4 is 43.2 Å². The number of rotatable bonds is 41. The lowest BCUT2D eigenvalue weighted by atomic mass is 9.96. The molecule has 4 heterocycles. The summed E-state index contributed by atoms with van der Waals surface area (Å²) in [4.78, 5) is 66.3. The second-order valence-corrected chi connectivity index (χ2v) is 32.7. The van der Waals surface area contributed by atoms with Crippen molar-refractivity contribution in [2.24, 2.45) is 11.8 Å². The molecule has 0 spiro atoms. The molecular weight excluding hydrogens is 1780 g/mol. The maximum atomic E-state index is 12.0. The highest BCUT2D eigenvalue weighted by Gasteiger charge is 2.33. The number of amides is 4. The SMILES string of the molecule is C#CCOCCOCCOCCNC.C#CCOCCOCCOCCOC.C=CC(=O)N1CCC(Oc2cc(C#N)cc(-c3c(C)cccc3OC)c2)CC1.C=CC(=O)N1CCC(Oc2cc(C(C)=O)cc(-c3ccccc3OC)c2)CC1.C=CC(=O)N1CC[C@@H](Oc2cc(C#N)cc(-c3ccccc3OC)c2)[C@@H](C)C1.C=CC(=O)N1CC[C@@H](Oc2cc(C#N)cc(-c3ccccc3OC)c2)[C@H](C)C1. The third-order valence-electron chi connectivity index (χ3n) is 22.9. The van der Waals surface area contributed by atoms with E-state index in [1.165, 1.54) is 24.3 Å². The number of ketones is 1. The van der Waals surface area contributed by atoms with Crippen molar-refractivity contribution in [3.8, 4) is 133 Å². The van der Waals surface area contributed by atoms with Gasteiger partial charge in [0.1, 0.15) is 83.6 Å². The second-order valence-electron chi connectivity index (χ2n) is 32.7. The molecule has 8 aromatic rings. The Morgan fingerprint density at radius 3 is 1.09 bits per heavy atom. The van der Waals surface area contributed by atoms with Crippen molar-refractivity contribution >= 4 is 29.4 Å². The average Bonchev–Trinajstić information content (AvgIpc) is 0.811. The zero-order chi connectivity index (χ0) is 101. The van der Waals surface area contributed by atoms with Crippen molar-refractivity contribution in [3.05, 3.63) is 242 Å². The molecule has 4 aliphatic heterocycles. The number of para-hydroxylation sites is 3. The maximum Gasteiger partial charge on any atom is 0.245 e. The smallest absolute Gasteiger partial charge is 0.245 e. The molecule has 28 nitrogen and oxygen atoms in total. The molecule has 28 heteroatoms. The van der Waals surface area contributed by atoms with Gasteiger partial charge in [-0.05, 0) is 170 Å². The molecule has 0 aromatic heterocycles. The van der Waals surface area contributed by atoms with E-state index in [2.05, 4.69) is 75.5 Å². The summed E-state index contributed by atoms with van der Waals surface area (Å²) in [5.74, 6) is 10.5. The van der Waals surface area contributed by atoms with E-state index in [0.29, 0.717) is 183 Å². The number of carbonyl (C=O) groups excluding carboxylic acids is 5. The van der Waals surface area contributed by atoms with E-state index in [1.54, 1.807) is 86.3 Å². The third kappa shape index (κ3) is 37.7. The number of nitrogens with zero attached hydrogens (tertiary/aromatic N) is 7. The van der Waals surface area contributed by atoms with Gasteiger partial charge in [-0.1, -0.05) is 119 Å². The number of ether oxygens (including phenoxy) is 15. The monoisotopic (exact) mass is 1910 g/mol. The zero-order valence-corrected chi connectivity index (χ0v) is 82.4. The van der Waals surface area contributed by atoms with Crippen LogP contribution in [0.15, 0.2) is 214 Å². The van der Waals surface area contributed by atoms with E-state index in [0.717, 1.165) is 118 Å². The first-order valence-corrected chi connectivity index (χ1v) is 46.7. The maximum absolute atomic E-state index is 12.0. The average molecular weight is 1910 g/mol. The second kappa shape index (κ2) is 63.4. The Morgan fingerprint density at radius 2 is 0.729 bits per heavy atom.